The number of furan rings is 3. The lowest BCUT2D eigenvalue weighted by Gasteiger charge is -2.19. The van der Waals surface area contributed by atoms with Gasteiger partial charge in [0, 0.05) is 48.5 Å². The minimum absolute atomic E-state index is 0.0140. The second kappa shape index (κ2) is 28.3. The van der Waals surface area contributed by atoms with Gasteiger partial charge in [0.1, 0.15) is 33.5 Å². The lowest BCUT2D eigenvalue weighted by Crippen LogP contribution is -1.92. The molecule has 123 heavy (non-hydrogen) atoms. The van der Waals surface area contributed by atoms with Gasteiger partial charge in [-0.15, -0.1) is 0 Å². The Hall–Kier alpha value is -16.2. The standard InChI is InChI=1S/3C40H24O/c1-3-14-27-25(11-1)13-9-20-29(27)37-30-16-5-7-18-32(30)38(33-19-8-6-17-31(33)37)34-21-10-22-36-39(34)35-24-23-26-12-2-4-15-28(26)40(35)41-36;2*1-2-12-27-24-28(21-20-25(27)10-1)37-30-14-5-7-16-32(30)38(33-17-8-6-15-31(33)37)34-18-9-19-36-39(34)35-23-22-26-11-3-4-13-29(26)40(35)41-36/h3*1-24H/i1D,3D,5D,6D,7D,8D,9D,11D,13D,14D,16D,17D,18D,19D,20D;1D,2D,3D,4D,5D,6D,7D,8D,9D,10D,11D,12D,13D,14D,15D,16D,17D,18D,19D,20D,21D,22D,23D,24D;1D,2D,5D,6D,7D,8D,10D,12D,14D,15D,16D,17D,20D,21D,24D. The highest BCUT2D eigenvalue weighted by atomic mass is 16.3. The highest BCUT2D eigenvalue weighted by Gasteiger charge is 2.27. The molecule has 3 heteroatoms. The SMILES string of the molecule is [2H]c1c([2H])c(-c2c3c([2H])c([2H])c([2H])c([2H])c3c(-c3c([2H])c([2H])c4c([2H])c([2H])c([2H])c([2H])c4c3[2H])c3c([2H])c([2H])c([2H])c([2H])c23)c2c(oc3c4c([2H])c([2H])c([2H])c([2H])c4c([2H])c([2H])c32)c1[2H].[2H]c1c([2H])c([2H])c2c(-c3c4c([2H])c([2H])c([2H])c([2H])c4c(-c4cccc5oc6c7ccccc7ccc6c45)c4c([2H])c([2H])c([2H])c([2H])c34)c([2H])c([2H])c([2H])c2c1[2H].[2H]c1c([2H])c([2H])c2c([2H])c(-c3c4c([2H])c([2H])c([2H])c([2H])c4c(-c4cccc5oc6c7ccccc7ccc6c45)c4c([2H])c([2H])c([2H])c([2H])c34)c([2H])c([2H])c2c1[2H]. The highest BCUT2D eigenvalue weighted by molar-refractivity contribution is 6.32. The van der Waals surface area contributed by atoms with Crippen LogP contribution >= 0.6 is 0 Å². The average molecular weight is 1620 g/mol. The summed E-state index contributed by atoms with van der Waals surface area (Å²) in [6, 6.07) is -8.01. The minimum atomic E-state index is -0.944. The maximum atomic E-state index is 9.45. The van der Waals surface area contributed by atoms with E-state index in [4.69, 9.17) is 61.2 Å². The summed E-state index contributed by atoms with van der Waals surface area (Å²) >= 11 is 0. The summed E-state index contributed by atoms with van der Waals surface area (Å²) in [7, 11) is 0. The maximum Gasteiger partial charge on any atom is 0.143 e. The highest BCUT2D eigenvalue weighted by Crippen LogP contribution is 2.53. The Balaban J connectivity index is 0.000000132. The van der Waals surface area contributed by atoms with Crippen molar-refractivity contribution in [1.82, 2.24) is 0 Å². The molecule has 3 aromatic heterocycles. The Labute approximate surface area is 782 Å². The van der Waals surface area contributed by atoms with E-state index in [1.165, 1.54) is 0 Å². The van der Waals surface area contributed by atoms with Crippen LogP contribution in [0.25, 0.3) is 262 Å². The summed E-state index contributed by atoms with van der Waals surface area (Å²) in [5.74, 6) is 0. The molecule has 0 amide bonds. The molecule has 0 atom stereocenters. The fourth-order valence-corrected chi connectivity index (χ4v) is 16.9. The molecule has 0 saturated heterocycles. The van der Waals surface area contributed by atoms with E-state index in [1.807, 2.05) is 72.8 Å². The van der Waals surface area contributed by atoms with Gasteiger partial charge in [0.2, 0.25) is 0 Å². The summed E-state index contributed by atoms with van der Waals surface area (Å²) in [5, 5.41) is -3.64. The number of hydrogen-bond donors (Lipinski definition) is 0. The van der Waals surface area contributed by atoms with Crippen molar-refractivity contribution < 1.29 is 87.3 Å². The van der Waals surface area contributed by atoms with Gasteiger partial charge < -0.3 is 13.3 Å². The van der Waals surface area contributed by atoms with Crippen molar-refractivity contribution in [2.75, 3.05) is 0 Å². The predicted octanol–water partition coefficient (Wildman–Crippen LogP) is 34.6. The third-order valence-electron chi connectivity index (χ3n) is 22.0. The van der Waals surface area contributed by atoms with Crippen molar-refractivity contribution in [2.24, 2.45) is 0 Å². The second-order valence-corrected chi connectivity index (χ2v) is 28.4. The first-order valence-electron chi connectivity index (χ1n) is 64.9. The first-order chi connectivity index (χ1) is 83.5. The van der Waals surface area contributed by atoms with Crippen LogP contribution in [0.1, 0.15) is 74.0 Å². The molecule has 0 aliphatic rings. The van der Waals surface area contributed by atoms with Gasteiger partial charge >= 0.3 is 0 Å². The second-order valence-electron chi connectivity index (χ2n) is 28.4. The van der Waals surface area contributed by atoms with Crippen LogP contribution in [-0.4, -0.2) is 0 Å². The van der Waals surface area contributed by atoms with Gasteiger partial charge in [-0.1, -0.05) is 387 Å². The van der Waals surface area contributed by atoms with E-state index in [0.717, 1.165) is 21.5 Å². The third-order valence-corrected chi connectivity index (χ3v) is 22.0. The first-order valence-corrected chi connectivity index (χ1v) is 37.9. The van der Waals surface area contributed by atoms with Crippen molar-refractivity contribution in [3.63, 3.8) is 0 Å². The molecule has 0 bridgehead atoms. The molecule has 0 radical (unpaired) electrons. The molecule has 27 aromatic rings. The molecule has 0 aliphatic carbocycles. The molecule has 570 valence electrons. The van der Waals surface area contributed by atoms with Crippen molar-refractivity contribution >= 4 is 195 Å². The summed E-state index contributed by atoms with van der Waals surface area (Å²) in [6.07, 6.45) is 0. The van der Waals surface area contributed by atoms with Gasteiger partial charge in [-0.2, -0.15) is 0 Å². The molecule has 0 spiro atoms. The van der Waals surface area contributed by atoms with Crippen molar-refractivity contribution in [3.05, 3.63) is 435 Å². The zero-order chi connectivity index (χ0) is 128. The van der Waals surface area contributed by atoms with Gasteiger partial charge in [0.15, 0.2) is 0 Å². The summed E-state index contributed by atoms with van der Waals surface area (Å²) in [5.41, 5.74) is -2.92. The lowest BCUT2D eigenvalue weighted by atomic mass is 9.84. The van der Waals surface area contributed by atoms with Gasteiger partial charge in [-0.05, 0) is 228 Å². The minimum Gasteiger partial charge on any atom is -0.455 e. The van der Waals surface area contributed by atoms with Crippen molar-refractivity contribution in [3.8, 4) is 66.8 Å². The average Bonchev–Trinajstić information content (AvgIpc) is 1.67. The molecule has 3 heterocycles. The Bertz CT molecular complexity index is 12400. The van der Waals surface area contributed by atoms with E-state index >= 15 is 0 Å². The molecule has 0 N–H and O–H groups in total. The van der Waals surface area contributed by atoms with E-state index in [1.54, 1.807) is 36.4 Å². The van der Waals surface area contributed by atoms with Crippen LogP contribution in [-0.2, 0) is 0 Å². The zero-order valence-corrected chi connectivity index (χ0v) is 62.6. The molecule has 0 fully saturated rings. The summed E-state index contributed by atoms with van der Waals surface area (Å²) < 4.78 is 501. The van der Waals surface area contributed by atoms with Gasteiger partial charge in [0.25, 0.3) is 0 Å². The van der Waals surface area contributed by atoms with Crippen LogP contribution in [0.3, 0.4) is 0 Å². The van der Waals surface area contributed by atoms with Crippen LogP contribution < -0.4 is 0 Å². The van der Waals surface area contributed by atoms with Crippen LogP contribution in [0.2, 0.25) is 0 Å². The predicted molar refractivity (Wildman–Crippen MR) is 524 cm³/mol. The van der Waals surface area contributed by atoms with E-state index < -0.39 is 446 Å². The van der Waals surface area contributed by atoms with Gasteiger partial charge in [0.05, 0.1) is 74.0 Å². The quantitative estimate of drug-likeness (QED) is 0.156. The largest absolute Gasteiger partial charge is 0.455 e. The number of rotatable bonds is 6. The Morgan fingerprint density at radius 3 is 0.927 bits per heavy atom. The number of hydrogen-bond acceptors (Lipinski definition) is 3. The van der Waals surface area contributed by atoms with E-state index in [-0.39, 0.29) is 65.3 Å². The zero-order valence-electron chi connectivity index (χ0n) is 117. The molecule has 24 aromatic carbocycles. The fourth-order valence-electron chi connectivity index (χ4n) is 16.9. The van der Waals surface area contributed by atoms with Gasteiger partial charge in [-0.3, -0.25) is 0 Å². The normalized spacial score (nSPS) is 18.0. The molecule has 0 unspecified atom stereocenters. The van der Waals surface area contributed by atoms with Crippen LogP contribution in [0, 0.1) is 0 Å². The Morgan fingerprint density at radius 2 is 0.472 bits per heavy atom. The van der Waals surface area contributed by atoms with E-state index in [9.17, 15) is 26.0 Å². The van der Waals surface area contributed by atoms with E-state index in [2.05, 4.69) is 0 Å². The molecular weight excluding hydrogens is 1490 g/mol. The molecule has 0 saturated carbocycles. The van der Waals surface area contributed by atoms with Crippen molar-refractivity contribution in [1.29, 1.82) is 0 Å². The lowest BCUT2D eigenvalue weighted by molar-refractivity contribution is 0.672. The monoisotopic (exact) mass is 1610 g/mol. The molecule has 0 aliphatic heterocycles. The van der Waals surface area contributed by atoms with E-state index in [0.29, 0.717) is 55.0 Å². The number of fused-ring (bicyclic) bond motifs is 24. The molecule has 3 nitrogen and oxygen atoms in total. The summed E-state index contributed by atoms with van der Waals surface area (Å²) in [6.45, 7) is 0. The Morgan fingerprint density at radius 1 is 0.154 bits per heavy atom. The smallest absolute Gasteiger partial charge is 0.143 e. The van der Waals surface area contributed by atoms with Crippen LogP contribution in [0.5, 0.6) is 0 Å². The maximum absolute atomic E-state index is 9.45. The van der Waals surface area contributed by atoms with Crippen LogP contribution in [0.4, 0.5) is 0 Å². The topological polar surface area (TPSA) is 39.4 Å². The number of benzene rings is 24. The first kappa shape index (κ1) is 35.0. The Kier molecular flexibility index (Phi) is 8.04. The van der Waals surface area contributed by atoms with Crippen LogP contribution in [0.15, 0.2) is 449 Å². The molecular formula is C120H72O3. The van der Waals surface area contributed by atoms with Gasteiger partial charge in [-0.25, -0.2) is 0 Å². The summed E-state index contributed by atoms with van der Waals surface area (Å²) in [4.78, 5) is 0. The third kappa shape index (κ3) is 11.1. The molecule has 27 rings (SSSR count). The fraction of sp³-hybridized carbons (Fsp3) is 0. The van der Waals surface area contributed by atoms with Crippen molar-refractivity contribution in [2.45, 2.75) is 0 Å².